The Morgan fingerprint density at radius 2 is 2.04 bits per heavy atom. The monoisotopic (exact) mass is 320 g/mol. The number of rotatable bonds is 6. The number of nitrogen functional groups attached to an aromatic ring is 1. The molecule has 1 aromatic rings. The normalized spacial score (nSPS) is 18.2. The number of carbonyl (C=O) groups excluding carboxylic acids is 1. The minimum atomic E-state index is 0.168. The SMILES string of the molecule is COCCCC1CCCN(C(=O)Cc2c(C)nc(N)nc2C)C1. The lowest BCUT2D eigenvalue weighted by Gasteiger charge is -2.33. The fourth-order valence-corrected chi connectivity index (χ4v) is 3.33. The number of likely N-dealkylation sites (tertiary alicyclic amines) is 1. The second-order valence-corrected chi connectivity index (χ2v) is 6.39. The molecule has 0 radical (unpaired) electrons. The van der Waals surface area contributed by atoms with Gasteiger partial charge in [-0.2, -0.15) is 0 Å². The van der Waals surface area contributed by atoms with E-state index in [4.69, 9.17) is 10.5 Å². The van der Waals surface area contributed by atoms with E-state index in [2.05, 4.69) is 9.97 Å². The highest BCUT2D eigenvalue weighted by Crippen LogP contribution is 2.22. The third kappa shape index (κ3) is 4.89. The van der Waals surface area contributed by atoms with Crippen LogP contribution in [-0.4, -0.2) is 47.6 Å². The summed E-state index contributed by atoms with van der Waals surface area (Å²) in [6.45, 7) is 6.28. The zero-order chi connectivity index (χ0) is 16.8. The minimum absolute atomic E-state index is 0.168. The lowest BCUT2D eigenvalue weighted by molar-refractivity contribution is -0.132. The molecule has 2 rings (SSSR count). The summed E-state index contributed by atoms with van der Waals surface area (Å²) >= 11 is 0. The number of aromatic nitrogens is 2. The summed E-state index contributed by atoms with van der Waals surface area (Å²) < 4.78 is 5.12. The van der Waals surface area contributed by atoms with Gasteiger partial charge in [0.05, 0.1) is 6.42 Å². The number of aryl methyl sites for hydroxylation is 2. The summed E-state index contributed by atoms with van der Waals surface area (Å²) in [5.74, 6) is 1.03. The van der Waals surface area contributed by atoms with E-state index < -0.39 is 0 Å². The Bertz CT molecular complexity index is 524. The van der Waals surface area contributed by atoms with Crippen molar-refractivity contribution in [1.82, 2.24) is 14.9 Å². The van der Waals surface area contributed by atoms with Crippen molar-refractivity contribution in [3.63, 3.8) is 0 Å². The summed E-state index contributed by atoms with van der Waals surface area (Å²) in [5.41, 5.74) is 8.16. The van der Waals surface area contributed by atoms with Crippen molar-refractivity contribution in [3.05, 3.63) is 17.0 Å². The molecule has 0 aliphatic carbocycles. The highest BCUT2D eigenvalue weighted by atomic mass is 16.5. The number of methoxy groups -OCH3 is 1. The van der Waals surface area contributed by atoms with Crippen molar-refractivity contribution in [2.75, 3.05) is 32.5 Å². The second kappa shape index (κ2) is 8.24. The maximum absolute atomic E-state index is 12.6. The predicted octanol–water partition coefficient (Wildman–Crippen LogP) is 1.88. The number of ether oxygens (including phenoxy) is 1. The zero-order valence-electron chi connectivity index (χ0n) is 14.5. The third-order valence-electron chi connectivity index (χ3n) is 4.60. The van der Waals surface area contributed by atoms with Crippen LogP contribution in [0, 0.1) is 19.8 Å². The molecule has 0 bridgehead atoms. The third-order valence-corrected chi connectivity index (χ3v) is 4.60. The Morgan fingerprint density at radius 3 is 2.70 bits per heavy atom. The fraction of sp³-hybridized carbons (Fsp3) is 0.706. The number of carbonyl (C=O) groups is 1. The summed E-state index contributed by atoms with van der Waals surface area (Å²) in [4.78, 5) is 23.0. The molecule has 1 saturated heterocycles. The van der Waals surface area contributed by atoms with E-state index in [-0.39, 0.29) is 11.9 Å². The van der Waals surface area contributed by atoms with E-state index in [0.29, 0.717) is 12.3 Å². The van der Waals surface area contributed by atoms with E-state index in [9.17, 15) is 4.79 Å². The van der Waals surface area contributed by atoms with Crippen LogP contribution < -0.4 is 5.73 Å². The van der Waals surface area contributed by atoms with Crippen molar-refractivity contribution < 1.29 is 9.53 Å². The van der Waals surface area contributed by atoms with Gasteiger partial charge in [0, 0.05) is 43.8 Å². The maximum Gasteiger partial charge on any atom is 0.227 e. The first kappa shape index (κ1) is 17.7. The number of anilines is 1. The molecule has 1 unspecified atom stereocenters. The lowest BCUT2D eigenvalue weighted by atomic mass is 9.93. The van der Waals surface area contributed by atoms with Crippen molar-refractivity contribution in [1.29, 1.82) is 0 Å². The van der Waals surface area contributed by atoms with E-state index in [1.807, 2.05) is 18.7 Å². The molecule has 23 heavy (non-hydrogen) atoms. The summed E-state index contributed by atoms with van der Waals surface area (Å²) in [6.07, 6.45) is 4.84. The maximum atomic E-state index is 12.6. The molecule has 128 valence electrons. The van der Waals surface area contributed by atoms with Gasteiger partial charge in [-0.1, -0.05) is 0 Å². The highest BCUT2D eigenvalue weighted by Gasteiger charge is 2.24. The van der Waals surface area contributed by atoms with Gasteiger partial charge >= 0.3 is 0 Å². The van der Waals surface area contributed by atoms with Gasteiger partial charge in [-0.15, -0.1) is 0 Å². The molecule has 0 saturated carbocycles. The minimum Gasteiger partial charge on any atom is -0.385 e. The van der Waals surface area contributed by atoms with Crippen molar-refractivity contribution >= 4 is 11.9 Å². The molecule has 1 aromatic heterocycles. The molecular formula is C17H28N4O2. The summed E-state index contributed by atoms with van der Waals surface area (Å²) in [6, 6.07) is 0. The van der Waals surface area contributed by atoms with E-state index in [0.717, 1.165) is 55.9 Å². The second-order valence-electron chi connectivity index (χ2n) is 6.39. The number of amides is 1. The topological polar surface area (TPSA) is 81.3 Å². The molecule has 1 aliphatic heterocycles. The number of nitrogens with two attached hydrogens (primary N) is 1. The van der Waals surface area contributed by atoms with Crippen molar-refractivity contribution in [2.24, 2.45) is 5.92 Å². The van der Waals surface area contributed by atoms with Gasteiger partial charge in [-0.3, -0.25) is 4.79 Å². The Balaban J connectivity index is 1.95. The Hall–Kier alpha value is -1.69. The van der Waals surface area contributed by atoms with Crippen molar-refractivity contribution in [2.45, 2.75) is 46.0 Å². The van der Waals surface area contributed by atoms with Gasteiger partial charge in [-0.25, -0.2) is 9.97 Å². The summed E-state index contributed by atoms with van der Waals surface area (Å²) in [5, 5.41) is 0. The molecule has 2 heterocycles. The van der Waals surface area contributed by atoms with Crippen LogP contribution in [0.25, 0.3) is 0 Å². The summed E-state index contributed by atoms with van der Waals surface area (Å²) in [7, 11) is 1.73. The molecule has 6 heteroatoms. The molecule has 1 amide bonds. The lowest BCUT2D eigenvalue weighted by Crippen LogP contribution is -2.41. The Kier molecular flexibility index (Phi) is 6.33. The highest BCUT2D eigenvalue weighted by molar-refractivity contribution is 5.79. The zero-order valence-corrected chi connectivity index (χ0v) is 14.5. The first-order valence-electron chi connectivity index (χ1n) is 8.37. The average Bonchev–Trinajstić information content (AvgIpc) is 2.51. The first-order valence-corrected chi connectivity index (χ1v) is 8.37. The van der Waals surface area contributed by atoms with Crippen LogP contribution in [0.4, 0.5) is 5.95 Å². The van der Waals surface area contributed by atoms with Crippen molar-refractivity contribution in [3.8, 4) is 0 Å². The molecule has 1 aliphatic rings. The van der Waals surface area contributed by atoms with Crippen LogP contribution in [0.5, 0.6) is 0 Å². The van der Waals surface area contributed by atoms with Gasteiger partial charge in [0.1, 0.15) is 0 Å². The molecule has 0 spiro atoms. The van der Waals surface area contributed by atoms with Crippen LogP contribution in [0.15, 0.2) is 0 Å². The smallest absolute Gasteiger partial charge is 0.227 e. The Morgan fingerprint density at radius 1 is 1.35 bits per heavy atom. The number of piperidine rings is 1. The van der Waals surface area contributed by atoms with Crippen LogP contribution >= 0.6 is 0 Å². The number of hydrogen-bond acceptors (Lipinski definition) is 5. The van der Waals surface area contributed by atoms with Gasteiger partial charge in [0.15, 0.2) is 0 Å². The first-order chi connectivity index (χ1) is 11.0. The quantitative estimate of drug-likeness (QED) is 0.809. The standard InChI is InChI=1S/C17H28N4O2/c1-12-15(13(2)20-17(18)19-12)10-16(22)21-8-4-6-14(11-21)7-5-9-23-3/h14H,4-11H2,1-3H3,(H2,18,19,20). The van der Waals surface area contributed by atoms with Gasteiger partial charge in [0.25, 0.3) is 0 Å². The van der Waals surface area contributed by atoms with Gasteiger partial charge in [-0.05, 0) is 45.4 Å². The Labute approximate surface area is 138 Å². The van der Waals surface area contributed by atoms with E-state index >= 15 is 0 Å². The van der Waals surface area contributed by atoms with Crippen LogP contribution in [0.1, 0.15) is 42.6 Å². The van der Waals surface area contributed by atoms with Gasteiger partial charge < -0.3 is 15.4 Å². The molecular weight excluding hydrogens is 292 g/mol. The molecule has 2 N–H and O–H groups in total. The van der Waals surface area contributed by atoms with Crippen LogP contribution in [0.2, 0.25) is 0 Å². The molecule has 0 aromatic carbocycles. The van der Waals surface area contributed by atoms with Crippen LogP contribution in [0.3, 0.4) is 0 Å². The number of nitrogens with zero attached hydrogens (tertiary/aromatic N) is 3. The van der Waals surface area contributed by atoms with Gasteiger partial charge in [0.2, 0.25) is 11.9 Å². The number of hydrogen-bond donors (Lipinski definition) is 1. The van der Waals surface area contributed by atoms with E-state index in [1.54, 1.807) is 7.11 Å². The average molecular weight is 320 g/mol. The largest absolute Gasteiger partial charge is 0.385 e. The fourth-order valence-electron chi connectivity index (χ4n) is 3.33. The molecule has 1 atom stereocenters. The van der Waals surface area contributed by atoms with E-state index in [1.165, 1.54) is 6.42 Å². The predicted molar refractivity (Wildman–Crippen MR) is 90.0 cm³/mol. The van der Waals surface area contributed by atoms with Crippen LogP contribution in [-0.2, 0) is 16.0 Å². The molecule has 1 fully saturated rings. The molecule has 6 nitrogen and oxygen atoms in total.